The van der Waals surface area contributed by atoms with E-state index in [0.717, 1.165) is 43.5 Å². The fraction of sp³-hybridized carbons (Fsp3) is 0.650. The summed E-state index contributed by atoms with van der Waals surface area (Å²) in [7, 11) is 1.62. The lowest BCUT2D eigenvalue weighted by molar-refractivity contribution is -0.126. The van der Waals surface area contributed by atoms with Crippen LogP contribution in [0.15, 0.2) is 0 Å². The highest BCUT2D eigenvalue weighted by molar-refractivity contribution is 5.94. The number of aromatic nitrogens is 1. The van der Waals surface area contributed by atoms with E-state index in [9.17, 15) is 14.9 Å². The summed E-state index contributed by atoms with van der Waals surface area (Å²) in [6, 6.07) is 2.36. The summed E-state index contributed by atoms with van der Waals surface area (Å²) in [5, 5.41) is 15.3. The molecule has 2 fully saturated rings. The molecule has 1 atom stereocenters. The van der Waals surface area contributed by atoms with Crippen molar-refractivity contribution in [1.29, 1.82) is 5.26 Å². The van der Waals surface area contributed by atoms with Crippen LogP contribution in [0.2, 0.25) is 0 Å². The Kier molecular flexibility index (Phi) is 5.85. The maximum atomic E-state index is 12.8. The van der Waals surface area contributed by atoms with Crippen molar-refractivity contribution in [1.82, 2.24) is 14.8 Å². The summed E-state index contributed by atoms with van der Waals surface area (Å²) >= 11 is 0. The molecule has 0 bridgehead atoms. The second kappa shape index (κ2) is 8.13. The molecule has 0 aromatic carbocycles. The highest BCUT2D eigenvalue weighted by Crippen LogP contribution is 2.37. The maximum Gasteiger partial charge on any atom is 0.239 e. The smallest absolute Gasteiger partial charge is 0.239 e. The van der Waals surface area contributed by atoms with Gasteiger partial charge in [-0.2, -0.15) is 5.26 Å². The van der Waals surface area contributed by atoms with Gasteiger partial charge in [-0.1, -0.05) is 12.8 Å². The van der Waals surface area contributed by atoms with Gasteiger partial charge in [0.15, 0.2) is 0 Å². The topological polar surface area (TPSA) is 90.2 Å². The number of amides is 2. The lowest BCUT2D eigenvalue weighted by Crippen LogP contribution is -2.45. The van der Waals surface area contributed by atoms with Gasteiger partial charge in [-0.3, -0.25) is 14.5 Å². The number of hydrogen-bond acceptors (Lipinski definition) is 4. The van der Waals surface area contributed by atoms with Crippen LogP contribution >= 0.6 is 0 Å². The number of anilines is 1. The second-order valence-corrected chi connectivity index (χ2v) is 7.65. The predicted octanol–water partition coefficient (Wildman–Crippen LogP) is 2.24. The van der Waals surface area contributed by atoms with Crippen molar-refractivity contribution in [3.8, 4) is 6.07 Å². The highest BCUT2D eigenvalue weighted by atomic mass is 16.2. The molecular weight excluding hydrogens is 342 g/mol. The van der Waals surface area contributed by atoms with Crippen LogP contribution in [-0.4, -0.2) is 47.5 Å². The van der Waals surface area contributed by atoms with Gasteiger partial charge in [-0.05, 0) is 51.6 Å². The number of likely N-dealkylation sites (tertiary alicyclic amines) is 1. The Labute approximate surface area is 160 Å². The molecule has 1 aliphatic carbocycles. The van der Waals surface area contributed by atoms with E-state index in [1.54, 1.807) is 7.05 Å². The van der Waals surface area contributed by atoms with Gasteiger partial charge in [-0.25, -0.2) is 0 Å². The summed E-state index contributed by atoms with van der Waals surface area (Å²) in [6.07, 6.45) is 6.19. The van der Waals surface area contributed by atoms with Crippen LogP contribution in [-0.2, 0) is 9.59 Å². The molecule has 2 heterocycles. The lowest BCUT2D eigenvalue weighted by Gasteiger charge is -2.23. The molecule has 2 N–H and O–H groups in total. The lowest BCUT2D eigenvalue weighted by atomic mass is 10.2. The zero-order chi connectivity index (χ0) is 19.6. The largest absolute Gasteiger partial charge is 0.358 e. The number of carbonyl (C=O) groups is 2. The maximum absolute atomic E-state index is 12.8. The molecule has 1 saturated carbocycles. The van der Waals surface area contributed by atoms with Gasteiger partial charge in [0.1, 0.15) is 11.9 Å². The van der Waals surface area contributed by atoms with Crippen molar-refractivity contribution < 1.29 is 9.59 Å². The first-order valence-electron chi connectivity index (χ1n) is 9.84. The van der Waals surface area contributed by atoms with E-state index in [-0.39, 0.29) is 24.4 Å². The number of rotatable bonds is 5. The van der Waals surface area contributed by atoms with Crippen molar-refractivity contribution >= 4 is 17.6 Å². The van der Waals surface area contributed by atoms with E-state index in [0.29, 0.717) is 17.4 Å². The fourth-order valence-electron chi connectivity index (χ4n) is 4.54. The Bertz CT molecular complexity index is 770. The minimum atomic E-state index is -0.249. The number of hydrogen-bond donors (Lipinski definition) is 2. The van der Waals surface area contributed by atoms with E-state index in [1.165, 1.54) is 12.8 Å². The average Bonchev–Trinajstić information content (AvgIpc) is 3.37. The summed E-state index contributed by atoms with van der Waals surface area (Å²) < 4.78 is 2.15. The van der Waals surface area contributed by atoms with Crippen molar-refractivity contribution in [2.24, 2.45) is 0 Å². The van der Waals surface area contributed by atoms with Crippen LogP contribution in [0.4, 0.5) is 5.82 Å². The molecule has 1 saturated heterocycles. The first-order chi connectivity index (χ1) is 13.0. The van der Waals surface area contributed by atoms with Crippen molar-refractivity contribution in [2.75, 3.05) is 25.5 Å². The molecule has 2 amide bonds. The molecule has 146 valence electrons. The Morgan fingerprint density at radius 2 is 1.89 bits per heavy atom. The third kappa shape index (κ3) is 3.72. The molecule has 7 nitrogen and oxygen atoms in total. The van der Waals surface area contributed by atoms with Crippen LogP contribution in [0.25, 0.3) is 0 Å². The monoisotopic (exact) mass is 371 g/mol. The summed E-state index contributed by atoms with van der Waals surface area (Å²) in [5.74, 6) is 0.415. The summed E-state index contributed by atoms with van der Waals surface area (Å²) in [4.78, 5) is 26.7. The van der Waals surface area contributed by atoms with E-state index in [4.69, 9.17) is 0 Å². The minimum absolute atomic E-state index is 0.0426. The number of carbonyl (C=O) groups excluding carboxylic acids is 2. The molecule has 2 aliphatic rings. The van der Waals surface area contributed by atoms with Gasteiger partial charge < -0.3 is 15.2 Å². The average molecular weight is 371 g/mol. The van der Waals surface area contributed by atoms with Crippen LogP contribution in [0.1, 0.15) is 61.4 Å². The number of nitriles is 1. The molecule has 27 heavy (non-hydrogen) atoms. The van der Waals surface area contributed by atoms with E-state index < -0.39 is 0 Å². The van der Waals surface area contributed by atoms with Crippen molar-refractivity contribution in [2.45, 2.75) is 64.5 Å². The fourth-order valence-corrected chi connectivity index (χ4v) is 4.54. The Hall–Kier alpha value is -2.33. The van der Waals surface area contributed by atoms with Gasteiger partial charge in [0.2, 0.25) is 11.8 Å². The Morgan fingerprint density at radius 3 is 2.52 bits per heavy atom. The molecule has 1 aromatic heterocycles. The zero-order valence-electron chi connectivity index (χ0n) is 16.5. The molecular formula is C20H29N5O2. The first-order valence-corrected chi connectivity index (χ1v) is 9.84. The zero-order valence-corrected chi connectivity index (χ0v) is 16.5. The van der Waals surface area contributed by atoms with E-state index in [1.807, 2.05) is 18.7 Å². The van der Waals surface area contributed by atoms with Gasteiger partial charge in [0, 0.05) is 18.8 Å². The van der Waals surface area contributed by atoms with Gasteiger partial charge in [0.25, 0.3) is 0 Å². The Morgan fingerprint density at radius 1 is 1.19 bits per heavy atom. The quantitative estimate of drug-likeness (QED) is 0.831. The molecule has 1 aromatic rings. The predicted molar refractivity (Wildman–Crippen MR) is 103 cm³/mol. The van der Waals surface area contributed by atoms with Crippen molar-refractivity contribution in [3.05, 3.63) is 16.8 Å². The van der Waals surface area contributed by atoms with E-state index >= 15 is 0 Å². The first kappa shape index (κ1) is 19.4. The number of likely N-dealkylation sites (N-methyl/N-ethyl adjacent to an activating group) is 1. The molecule has 3 rings (SSSR count). The SMILES string of the molecule is CNC(=O)C1CCCN1CC(=O)Nc1c(C#N)c(C)c(C)n1C1CCCC1. The normalized spacial score (nSPS) is 20.6. The molecule has 1 unspecified atom stereocenters. The van der Waals surface area contributed by atoms with Crippen LogP contribution in [0.5, 0.6) is 0 Å². The van der Waals surface area contributed by atoms with Gasteiger partial charge in [-0.15, -0.1) is 0 Å². The van der Waals surface area contributed by atoms with Crippen LogP contribution < -0.4 is 10.6 Å². The van der Waals surface area contributed by atoms with E-state index in [2.05, 4.69) is 21.3 Å². The van der Waals surface area contributed by atoms with Gasteiger partial charge >= 0.3 is 0 Å². The number of nitrogens with one attached hydrogen (secondary N) is 2. The second-order valence-electron chi connectivity index (χ2n) is 7.65. The number of nitrogens with zero attached hydrogens (tertiary/aromatic N) is 3. The molecule has 1 aliphatic heterocycles. The summed E-state index contributed by atoms with van der Waals surface area (Å²) in [5.41, 5.74) is 2.54. The van der Waals surface area contributed by atoms with Gasteiger partial charge in [0.05, 0.1) is 18.2 Å². The third-order valence-corrected chi connectivity index (χ3v) is 6.08. The van der Waals surface area contributed by atoms with Crippen molar-refractivity contribution in [3.63, 3.8) is 0 Å². The molecule has 0 radical (unpaired) electrons. The summed E-state index contributed by atoms with van der Waals surface area (Å²) in [6.45, 7) is 4.86. The standard InChI is InChI=1S/C20H29N5O2/c1-13-14(2)25(15-7-4-5-8-15)19(16(13)11-21)23-18(26)12-24-10-6-9-17(24)20(27)22-3/h15,17H,4-10,12H2,1-3H3,(H,22,27)(H,23,26). The molecule has 7 heteroatoms. The highest BCUT2D eigenvalue weighted by Gasteiger charge is 2.32. The molecule has 0 spiro atoms. The van der Waals surface area contributed by atoms with Crippen LogP contribution in [0, 0.1) is 25.2 Å². The van der Waals surface area contributed by atoms with Crippen LogP contribution in [0.3, 0.4) is 0 Å². The third-order valence-electron chi connectivity index (χ3n) is 6.08. The minimum Gasteiger partial charge on any atom is -0.358 e. The Balaban J connectivity index is 1.80.